The summed E-state index contributed by atoms with van der Waals surface area (Å²) in [4.78, 5) is 11.8. The van der Waals surface area contributed by atoms with Crippen molar-refractivity contribution in [1.82, 2.24) is 5.32 Å². The number of benzene rings is 1. The Kier molecular flexibility index (Phi) is 5.41. The van der Waals surface area contributed by atoms with E-state index in [9.17, 15) is 9.90 Å². The van der Waals surface area contributed by atoms with Gasteiger partial charge in [0, 0.05) is 0 Å². The first-order valence-electron chi connectivity index (χ1n) is 7.38. The third kappa shape index (κ3) is 4.23. The minimum atomic E-state index is -0.420. The molecule has 0 radical (unpaired) electrons. The maximum atomic E-state index is 11.8. The quantitative estimate of drug-likeness (QED) is 0.866. The first-order valence-corrected chi connectivity index (χ1v) is 7.38. The minimum Gasteiger partial charge on any atom is -0.484 e. The molecular formula is C16H23NO3. The molecule has 1 saturated carbocycles. The van der Waals surface area contributed by atoms with Crippen molar-refractivity contribution in [2.75, 3.05) is 6.61 Å². The summed E-state index contributed by atoms with van der Waals surface area (Å²) in [7, 11) is 0. The lowest BCUT2D eigenvalue weighted by Crippen LogP contribution is -2.46. The molecule has 0 saturated heterocycles. The molecule has 1 aliphatic carbocycles. The van der Waals surface area contributed by atoms with Crippen LogP contribution in [0, 0.1) is 0 Å². The number of carbonyl (C=O) groups excluding carboxylic acids is 1. The molecule has 2 rings (SSSR count). The summed E-state index contributed by atoms with van der Waals surface area (Å²) < 4.78 is 5.45. The number of ether oxygens (including phenoxy) is 1. The molecule has 0 spiro atoms. The van der Waals surface area contributed by atoms with Gasteiger partial charge in [-0.1, -0.05) is 31.9 Å². The molecule has 0 bridgehead atoms. The molecule has 2 unspecified atom stereocenters. The average molecular weight is 277 g/mol. The molecule has 110 valence electrons. The molecule has 4 nitrogen and oxygen atoms in total. The zero-order chi connectivity index (χ0) is 14.4. The van der Waals surface area contributed by atoms with E-state index in [1.165, 1.54) is 5.56 Å². The molecule has 1 aromatic carbocycles. The highest BCUT2D eigenvalue weighted by atomic mass is 16.5. The number of rotatable bonds is 5. The van der Waals surface area contributed by atoms with Gasteiger partial charge in [-0.2, -0.15) is 0 Å². The summed E-state index contributed by atoms with van der Waals surface area (Å²) in [5, 5.41) is 12.7. The Hall–Kier alpha value is -1.55. The second-order valence-electron chi connectivity index (χ2n) is 5.31. The summed E-state index contributed by atoms with van der Waals surface area (Å²) in [5.74, 6) is 0.525. The SMILES string of the molecule is CCc1ccc(OCC(=O)NC2CCCCC2O)cc1. The van der Waals surface area contributed by atoms with E-state index in [1.54, 1.807) is 0 Å². The maximum absolute atomic E-state index is 11.8. The average Bonchev–Trinajstić information content (AvgIpc) is 2.48. The van der Waals surface area contributed by atoms with Gasteiger partial charge < -0.3 is 15.2 Å². The molecular weight excluding hydrogens is 254 g/mol. The predicted octanol–water partition coefficient (Wildman–Crippen LogP) is 2.05. The van der Waals surface area contributed by atoms with Crippen LogP contribution in [0.4, 0.5) is 0 Å². The van der Waals surface area contributed by atoms with Gasteiger partial charge in [0.2, 0.25) is 0 Å². The van der Waals surface area contributed by atoms with Crippen molar-refractivity contribution in [2.24, 2.45) is 0 Å². The van der Waals surface area contributed by atoms with E-state index in [0.29, 0.717) is 5.75 Å². The van der Waals surface area contributed by atoms with Gasteiger partial charge in [0.05, 0.1) is 12.1 Å². The van der Waals surface area contributed by atoms with Crippen LogP contribution in [0.2, 0.25) is 0 Å². The Labute approximate surface area is 120 Å². The van der Waals surface area contributed by atoms with Crippen LogP contribution in [0.1, 0.15) is 38.2 Å². The lowest BCUT2D eigenvalue weighted by atomic mass is 9.92. The van der Waals surface area contributed by atoms with Crippen molar-refractivity contribution in [1.29, 1.82) is 0 Å². The number of aliphatic hydroxyl groups excluding tert-OH is 1. The molecule has 1 amide bonds. The van der Waals surface area contributed by atoms with Gasteiger partial charge >= 0.3 is 0 Å². The molecule has 20 heavy (non-hydrogen) atoms. The number of hydrogen-bond donors (Lipinski definition) is 2. The number of aryl methyl sites for hydroxylation is 1. The van der Waals surface area contributed by atoms with Crippen LogP contribution in [0.3, 0.4) is 0 Å². The fraction of sp³-hybridized carbons (Fsp3) is 0.562. The van der Waals surface area contributed by atoms with E-state index in [4.69, 9.17) is 4.74 Å². The fourth-order valence-corrected chi connectivity index (χ4v) is 2.50. The van der Waals surface area contributed by atoms with Crippen molar-refractivity contribution in [3.63, 3.8) is 0 Å². The summed E-state index contributed by atoms with van der Waals surface area (Å²) >= 11 is 0. The van der Waals surface area contributed by atoms with Crippen LogP contribution in [-0.4, -0.2) is 29.8 Å². The monoisotopic (exact) mass is 277 g/mol. The molecule has 1 aliphatic rings. The third-order valence-electron chi connectivity index (χ3n) is 3.78. The maximum Gasteiger partial charge on any atom is 0.258 e. The van der Waals surface area contributed by atoms with E-state index in [2.05, 4.69) is 12.2 Å². The molecule has 0 aromatic heterocycles. The van der Waals surface area contributed by atoms with Crippen LogP contribution in [0.5, 0.6) is 5.75 Å². The van der Waals surface area contributed by atoms with Gasteiger partial charge in [-0.25, -0.2) is 0 Å². The van der Waals surface area contributed by atoms with Gasteiger partial charge in [0.1, 0.15) is 5.75 Å². The second-order valence-corrected chi connectivity index (χ2v) is 5.31. The molecule has 0 aliphatic heterocycles. The Balaban J connectivity index is 1.76. The number of amides is 1. The zero-order valence-electron chi connectivity index (χ0n) is 12.0. The Morgan fingerprint density at radius 3 is 2.65 bits per heavy atom. The fourth-order valence-electron chi connectivity index (χ4n) is 2.50. The molecule has 2 N–H and O–H groups in total. The van der Waals surface area contributed by atoms with Crippen molar-refractivity contribution in [3.8, 4) is 5.75 Å². The molecule has 1 aromatic rings. The van der Waals surface area contributed by atoms with Crippen molar-refractivity contribution in [3.05, 3.63) is 29.8 Å². The van der Waals surface area contributed by atoms with E-state index < -0.39 is 6.10 Å². The number of aliphatic hydroxyl groups is 1. The van der Waals surface area contributed by atoms with Crippen LogP contribution in [0.25, 0.3) is 0 Å². The van der Waals surface area contributed by atoms with Crippen molar-refractivity contribution in [2.45, 2.75) is 51.2 Å². The summed E-state index contributed by atoms with van der Waals surface area (Å²) in [6.45, 7) is 2.09. The molecule has 1 fully saturated rings. The van der Waals surface area contributed by atoms with E-state index in [1.807, 2.05) is 24.3 Å². The second kappa shape index (κ2) is 7.29. The number of carbonyl (C=O) groups is 1. The standard InChI is InChI=1S/C16H23NO3/c1-2-12-7-9-13(10-8-12)20-11-16(19)17-14-5-3-4-6-15(14)18/h7-10,14-15,18H,2-6,11H2,1H3,(H,17,19). The van der Waals surface area contributed by atoms with Crippen molar-refractivity contribution >= 4 is 5.91 Å². The summed E-state index contributed by atoms with van der Waals surface area (Å²) in [6, 6.07) is 7.63. The number of hydrogen-bond acceptors (Lipinski definition) is 3. The van der Waals surface area contributed by atoms with Gasteiger partial charge in [-0.15, -0.1) is 0 Å². The largest absolute Gasteiger partial charge is 0.484 e. The highest BCUT2D eigenvalue weighted by Gasteiger charge is 2.24. The van der Waals surface area contributed by atoms with Gasteiger partial charge in [-0.3, -0.25) is 4.79 Å². The summed E-state index contributed by atoms with van der Waals surface area (Å²) in [6.07, 6.45) is 4.27. The van der Waals surface area contributed by atoms with Gasteiger partial charge in [0.15, 0.2) is 6.61 Å². The topological polar surface area (TPSA) is 58.6 Å². The van der Waals surface area contributed by atoms with Crippen LogP contribution in [0.15, 0.2) is 24.3 Å². The summed E-state index contributed by atoms with van der Waals surface area (Å²) in [5.41, 5.74) is 1.24. The Morgan fingerprint density at radius 2 is 2.00 bits per heavy atom. The van der Waals surface area contributed by atoms with Crippen molar-refractivity contribution < 1.29 is 14.6 Å². The van der Waals surface area contributed by atoms with Crippen LogP contribution >= 0.6 is 0 Å². The normalized spacial score (nSPS) is 22.3. The minimum absolute atomic E-state index is 0.00527. The number of nitrogens with one attached hydrogen (secondary N) is 1. The molecule has 4 heteroatoms. The van der Waals surface area contributed by atoms with Gasteiger partial charge in [0.25, 0.3) is 5.91 Å². The Morgan fingerprint density at radius 1 is 1.30 bits per heavy atom. The van der Waals surface area contributed by atoms with Crippen LogP contribution < -0.4 is 10.1 Å². The predicted molar refractivity (Wildman–Crippen MR) is 77.7 cm³/mol. The first-order chi connectivity index (χ1) is 9.69. The third-order valence-corrected chi connectivity index (χ3v) is 3.78. The highest BCUT2D eigenvalue weighted by molar-refractivity contribution is 5.77. The van der Waals surface area contributed by atoms with E-state index in [-0.39, 0.29) is 18.6 Å². The molecule has 2 atom stereocenters. The van der Waals surface area contributed by atoms with Gasteiger partial charge in [-0.05, 0) is 37.0 Å². The zero-order valence-corrected chi connectivity index (χ0v) is 12.0. The lowest BCUT2D eigenvalue weighted by molar-refractivity contribution is -0.125. The van der Waals surface area contributed by atoms with E-state index in [0.717, 1.165) is 32.1 Å². The first kappa shape index (κ1) is 14.9. The van der Waals surface area contributed by atoms with Crippen LogP contribution in [-0.2, 0) is 11.2 Å². The Bertz CT molecular complexity index is 430. The smallest absolute Gasteiger partial charge is 0.258 e. The molecule has 0 heterocycles. The lowest BCUT2D eigenvalue weighted by Gasteiger charge is -2.28. The van der Waals surface area contributed by atoms with E-state index >= 15 is 0 Å². The highest BCUT2D eigenvalue weighted by Crippen LogP contribution is 2.18.